The topological polar surface area (TPSA) is 50.1 Å². The maximum atomic E-state index is 5.00. The first kappa shape index (κ1) is 19.6. The summed E-state index contributed by atoms with van der Waals surface area (Å²) in [5.41, 5.74) is 4.80. The first-order valence-corrected chi connectivity index (χ1v) is 10.5. The normalized spacial score (nSPS) is 17.4. The SMILES string of the molecule is CCn1cc(CN2CCC[C@H](c3nc(N(C)C)ncc3-c3ccccc3)C2)cn1. The quantitative estimate of drug-likeness (QED) is 0.641. The second kappa shape index (κ2) is 8.74. The number of benzene rings is 1. The molecule has 0 radical (unpaired) electrons. The number of piperidine rings is 1. The van der Waals surface area contributed by atoms with E-state index in [-0.39, 0.29) is 0 Å². The fourth-order valence-electron chi connectivity index (χ4n) is 4.09. The Hall–Kier alpha value is -2.73. The number of nitrogens with zero attached hydrogens (tertiary/aromatic N) is 6. The molecule has 0 spiro atoms. The molecule has 6 nitrogen and oxygen atoms in total. The van der Waals surface area contributed by atoms with Gasteiger partial charge in [0.25, 0.3) is 0 Å². The van der Waals surface area contributed by atoms with Gasteiger partial charge < -0.3 is 4.90 Å². The number of hydrogen-bond acceptors (Lipinski definition) is 5. The van der Waals surface area contributed by atoms with Gasteiger partial charge in [-0.3, -0.25) is 9.58 Å². The summed E-state index contributed by atoms with van der Waals surface area (Å²) in [5, 5.41) is 4.43. The molecule has 2 aromatic heterocycles. The van der Waals surface area contributed by atoms with Crippen molar-refractivity contribution in [2.24, 2.45) is 0 Å². The van der Waals surface area contributed by atoms with Crippen LogP contribution in [0.4, 0.5) is 5.95 Å². The summed E-state index contributed by atoms with van der Waals surface area (Å²) < 4.78 is 2.00. The van der Waals surface area contributed by atoms with Crippen molar-refractivity contribution in [2.45, 2.75) is 38.8 Å². The number of likely N-dealkylation sites (tertiary alicyclic amines) is 1. The smallest absolute Gasteiger partial charge is 0.225 e. The number of aromatic nitrogens is 4. The molecule has 29 heavy (non-hydrogen) atoms. The largest absolute Gasteiger partial charge is 0.347 e. The summed E-state index contributed by atoms with van der Waals surface area (Å²) in [6.45, 7) is 6.12. The van der Waals surface area contributed by atoms with Crippen LogP contribution < -0.4 is 4.90 Å². The molecule has 4 rings (SSSR count). The molecular weight excluding hydrogens is 360 g/mol. The van der Waals surface area contributed by atoms with Crippen molar-refractivity contribution < 1.29 is 0 Å². The van der Waals surface area contributed by atoms with E-state index in [9.17, 15) is 0 Å². The summed E-state index contributed by atoms with van der Waals surface area (Å²) in [6, 6.07) is 10.5. The lowest BCUT2D eigenvalue weighted by Crippen LogP contribution is -2.34. The van der Waals surface area contributed by atoms with Crippen molar-refractivity contribution >= 4 is 5.95 Å². The van der Waals surface area contributed by atoms with Crippen molar-refractivity contribution in [3.8, 4) is 11.1 Å². The molecule has 1 atom stereocenters. The number of hydrogen-bond donors (Lipinski definition) is 0. The highest BCUT2D eigenvalue weighted by atomic mass is 15.3. The highest BCUT2D eigenvalue weighted by Gasteiger charge is 2.26. The molecule has 0 saturated carbocycles. The highest BCUT2D eigenvalue weighted by molar-refractivity contribution is 5.66. The molecule has 3 heterocycles. The molecule has 1 aliphatic rings. The monoisotopic (exact) mass is 390 g/mol. The lowest BCUT2D eigenvalue weighted by molar-refractivity contribution is 0.198. The highest BCUT2D eigenvalue weighted by Crippen LogP contribution is 2.34. The molecule has 1 aliphatic heterocycles. The second-order valence-corrected chi connectivity index (χ2v) is 8.01. The third-order valence-electron chi connectivity index (χ3n) is 5.60. The Kier molecular flexibility index (Phi) is 5.90. The van der Waals surface area contributed by atoms with Gasteiger partial charge in [0.15, 0.2) is 0 Å². The summed E-state index contributed by atoms with van der Waals surface area (Å²) in [4.78, 5) is 14.1. The lowest BCUT2D eigenvalue weighted by atomic mass is 9.90. The molecule has 0 amide bonds. The van der Waals surface area contributed by atoms with Gasteiger partial charge >= 0.3 is 0 Å². The zero-order chi connectivity index (χ0) is 20.2. The van der Waals surface area contributed by atoms with Crippen LogP contribution in [0.3, 0.4) is 0 Å². The van der Waals surface area contributed by atoms with E-state index in [0.717, 1.165) is 44.1 Å². The zero-order valence-corrected chi connectivity index (χ0v) is 17.6. The van der Waals surface area contributed by atoms with E-state index in [2.05, 4.69) is 58.4 Å². The number of anilines is 1. The molecule has 0 unspecified atom stereocenters. The van der Waals surface area contributed by atoms with Crippen LogP contribution in [0.2, 0.25) is 0 Å². The third-order valence-corrected chi connectivity index (χ3v) is 5.60. The summed E-state index contributed by atoms with van der Waals surface area (Å²) in [5.74, 6) is 1.18. The summed E-state index contributed by atoms with van der Waals surface area (Å²) in [6.07, 6.45) is 8.50. The number of rotatable bonds is 6. The second-order valence-electron chi connectivity index (χ2n) is 8.01. The molecule has 1 fully saturated rings. The van der Waals surface area contributed by atoms with Gasteiger partial charge in [-0.25, -0.2) is 9.97 Å². The maximum Gasteiger partial charge on any atom is 0.225 e. The molecule has 1 aromatic carbocycles. The molecule has 6 heteroatoms. The van der Waals surface area contributed by atoms with Gasteiger partial charge in [0, 0.05) is 63.2 Å². The molecule has 3 aromatic rings. The van der Waals surface area contributed by atoms with Crippen LogP contribution in [0.15, 0.2) is 48.9 Å². The van der Waals surface area contributed by atoms with Crippen LogP contribution in [-0.4, -0.2) is 51.8 Å². The fraction of sp³-hybridized carbons (Fsp3) is 0.435. The standard InChI is InChI=1S/C23H30N6/c1-4-29-16-18(13-25-29)15-28-12-8-11-20(17-28)22-21(19-9-6-5-7-10-19)14-24-23(26-22)27(2)3/h5-7,9-10,13-14,16,20H,4,8,11-12,15,17H2,1-3H3/t20-/m0/s1. The van der Waals surface area contributed by atoms with Gasteiger partial charge in [0.05, 0.1) is 11.9 Å². The van der Waals surface area contributed by atoms with E-state index < -0.39 is 0 Å². The van der Waals surface area contributed by atoms with Crippen molar-refractivity contribution in [3.63, 3.8) is 0 Å². The minimum atomic E-state index is 0.405. The fourth-order valence-corrected chi connectivity index (χ4v) is 4.09. The van der Waals surface area contributed by atoms with E-state index in [1.165, 1.54) is 23.2 Å². The van der Waals surface area contributed by atoms with Gasteiger partial charge in [-0.15, -0.1) is 0 Å². The van der Waals surface area contributed by atoms with E-state index in [1.54, 1.807) is 0 Å². The van der Waals surface area contributed by atoms with Gasteiger partial charge in [0.2, 0.25) is 5.95 Å². The van der Waals surface area contributed by atoms with Gasteiger partial charge in [-0.1, -0.05) is 30.3 Å². The van der Waals surface area contributed by atoms with Gasteiger partial charge in [-0.2, -0.15) is 5.10 Å². The minimum Gasteiger partial charge on any atom is -0.347 e. The van der Waals surface area contributed by atoms with Crippen LogP contribution in [0.25, 0.3) is 11.1 Å². The Morgan fingerprint density at radius 3 is 2.69 bits per heavy atom. The van der Waals surface area contributed by atoms with E-state index >= 15 is 0 Å². The zero-order valence-electron chi connectivity index (χ0n) is 17.6. The average molecular weight is 391 g/mol. The average Bonchev–Trinajstić information content (AvgIpc) is 3.21. The van der Waals surface area contributed by atoms with Crippen LogP contribution in [0.1, 0.15) is 36.9 Å². The van der Waals surface area contributed by atoms with Crippen LogP contribution in [0.5, 0.6) is 0 Å². The van der Waals surface area contributed by atoms with E-state index in [4.69, 9.17) is 4.98 Å². The lowest BCUT2D eigenvalue weighted by Gasteiger charge is -2.33. The number of aryl methyl sites for hydroxylation is 1. The van der Waals surface area contributed by atoms with Crippen molar-refractivity contribution in [1.82, 2.24) is 24.6 Å². The minimum absolute atomic E-state index is 0.405. The Bertz CT molecular complexity index is 934. The Morgan fingerprint density at radius 2 is 1.97 bits per heavy atom. The van der Waals surface area contributed by atoms with Crippen molar-refractivity contribution in [3.05, 3.63) is 60.2 Å². The molecule has 1 saturated heterocycles. The van der Waals surface area contributed by atoms with Crippen LogP contribution >= 0.6 is 0 Å². The van der Waals surface area contributed by atoms with Gasteiger partial charge in [-0.05, 0) is 31.9 Å². The summed E-state index contributed by atoms with van der Waals surface area (Å²) in [7, 11) is 4.00. The molecule has 0 aliphatic carbocycles. The predicted molar refractivity (Wildman–Crippen MR) is 117 cm³/mol. The Labute approximate surface area is 173 Å². The maximum absolute atomic E-state index is 5.00. The van der Waals surface area contributed by atoms with Crippen molar-refractivity contribution in [1.29, 1.82) is 0 Å². The van der Waals surface area contributed by atoms with Crippen LogP contribution in [-0.2, 0) is 13.1 Å². The van der Waals surface area contributed by atoms with E-state index in [1.807, 2.05) is 36.1 Å². The molecule has 0 bridgehead atoms. The summed E-state index contributed by atoms with van der Waals surface area (Å²) >= 11 is 0. The van der Waals surface area contributed by atoms with Gasteiger partial charge in [0.1, 0.15) is 0 Å². The van der Waals surface area contributed by atoms with E-state index in [0.29, 0.717) is 5.92 Å². The van der Waals surface area contributed by atoms with Crippen LogP contribution in [0, 0.1) is 0 Å². The molecular formula is C23H30N6. The molecule has 0 N–H and O–H groups in total. The third kappa shape index (κ3) is 4.48. The molecule has 152 valence electrons. The first-order chi connectivity index (χ1) is 14.1. The predicted octanol–water partition coefficient (Wildman–Crippen LogP) is 3.81. The Balaban J connectivity index is 1.61. The Morgan fingerprint density at radius 1 is 1.14 bits per heavy atom. The van der Waals surface area contributed by atoms with Crippen molar-refractivity contribution in [2.75, 3.05) is 32.1 Å². The first-order valence-electron chi connectivity index (χ1n) is 10.5.